The fourth-order valence-electron chi connectivity index (χ4n) is 5.04. The predicted molar refractivity (Wildman–Crippen MR) is 134 cm³/mol. The Morgan fingerprint density at radius 2 is 1.85 bits per heavy atom. The minimum atomic E-state index is -0.353. The Hall–Kier alpha value is -2.70. The third kappa shape index (κ3) is 5.50. The summed E-state index contributed by atoms with van der Waals surface area (Å²) in [6, 6.07) is 6.44. The molecule has 1 saturated heterocycles. The lowest BCUT2D eigenvalue weighted by Crippen LogP contribution is -2.31. The maximum absolute atomic E-state index is 13.5. The number of benzene rings is 1. The Balaban J connectivity index is 1.59. The van der Waals surface area contributed by atoms with E-state index in [-0.39, 0.29) is 29.1 Å². The molecule has 0 radical (unpaired) electrons. The average Bonchev–Trinajstić information content (AvgIpc) is 3.33. The number of amides is 2. The molecule has 2 aliphatic rings. The van der Waals surface area contributed by atoms with Crippen LogP contribution in [0.2, 0.25) is 0 Å². The van der Waals surface area contributed by atoms with Gasteiger partial charge in [0, 0.05) is 38.2 Å². The van der Waals surface area contributed by atoms with Crippen LogP contribution < -0.4 is 5.32 Å². The molecule has 1 saturated carbocycles. The van der Waals surface area contributed by atoms with Crippen LogP contribution in [0.15, 0.2) is 18.2 Å². The molecule has 2 atom stereocenters. The Labute approximate surface area is 203 Å². The monoisotopic (exact) mass is 465 g/mol. The van der Waals surface area contributed by atoms with Gasteiger partial charge >= 0.3 is 0 Å². The van der Waals surface area contributed by atoms with Gasteiger partial charge in [-0.05, 0) is 56.6 Å². The fraction of sp³-hybridized carbons (Fsp3) is 0.630. The van der Waals surface area contributed by atoms with Crippen LogP contribution in [0.5, 0.6) is 0 Å². The van der Waals surface area contributed by atoms with Crippen LogP contribution in [0.3, 0.4) is 0 Å². The van der Waals surface area contributed by atoms with E-state index >= 15 is 0 Å². The molecule has 1 aromatic heterocycles. The van der Waals surface area contributed by atoms with Gasteiger partial charge in [-0.25, -0.2) is 0 Å². The molecule has 2 heterocycles. The van der Waals surface area contributed by atoms with E-state index in [1.807, 2.05) is 26.0 Å². The Bertz CT molecular complexity index is 1060. The zero-order valence-electron chi connectivity index (χ0n) is 21.5. The third-order valence-corrected chi connectivity index (χ3v) is 7.11. The molecule has 2 amide bonds. The lowest BCUT2D eigenvalue weighted by Gasteiger charge is -2.20. The molecule has 7 nitrogen and oxygen atoms in total. The Morgan fingerprint density at radius 3 is 2.47 bits per heavy atom. The van der Waals surface area contributed by atoms with Crippen molar-refractivity contribution in [2.45, 2.75) is 85.6 Å². The molecule has 1 aliphatic heterocycles. The summed E-state index contributed by atoms with van der Waals surface area (Å²) in [5.74, 6) is 1.33. The van der Waals surface area contributed by atoms with Crippen LogP contribution >= 0.6 is 0 Å². The largest absolute Gasteiger partial charge is 0.341 e. The lowest BCUT2D eigenvalue weighted by atomic mass is 9.90. The van der Waals surface area contributed by atoms with Gasteiger partial charge in [0.05, 0.1) is 11.8 Å². The molecule has 2 aromatic rings. The van der Waals surface area contributed by atoms with E-state index in [9.17, 15) is 9.59 Å². The van der Waals surface area contributed by atoms with Gasteiger partial charge < -0.3 is 14.8 Å². The number of nitrogens with zero attached hydrogens (tertiary/aromatic N) is 4. The van der Waals surface area contributed by atoms with Crippen LogP contribution in [0.4, 0.5) is 5.69 Å². The summed E-state index contributed by atoms with van der Waals surface area (Å²) in [7, 11) is 0. The molecular weight excluding hydrogens is 426 g/mol. The Kier molecular flexibility index (Phi) is 6.83. The summed E-state index contributed by atoms with van der Waals surface area (Å²) < 4.78 is 2.30. The molecule has 1 N–H and O–H groups in total. The molecule has 4 rings (SSSR count). The summed E-state index contributed by atoms with van der Waals surface area (Å²) in [5, 5.41) is 12.3. The van der Waals surface area contributed by atoms with E-state index in [0.717, 1.165) is 60.6 Å². The number of hydrogen-bond acceptors (Lipinski definition) is 4. The average molecular weight is 466 g/mol. The van der Waals surface area contributed by atoms with Gasteiger partial charge in [-0.15, -0.1) is 10.2 Å². The standard InChI is InChI=1S/C27H39N5O2/c1-17-9-12-23(18(2)14-17)28-26(34)22-16-31(19(3)33)15-21(22)25-30-29-24(32(25)20-10-11-20)8-7-13-27(4,5)6/h9,12,14,20-22H,7-8,10-11,13,15-16H2,1-6H3,(H,28,34)/t21-,22-/m0/s1. The number of carbonyl (C=O) groups excluding carboxylic acids is 2. The van der Waals surface area contributed by atoms with Gasteiger partial charge in [0.25, 0.3) is 0 Å². The van der Waals surface area contributed by atoms with Crippen molar-refractivity contribution in [3.63, 3.8) is 0 Å². The van der Waals surface area contributed by atoms with Crippen LogP contribution in [-0.2, 0) is 16.0 Å². The fourth-order valence-corrected chi connectivity index (χ4v) is 5.04. The van der Waals surface area contributed by atoms with Crippen molar-refractivity contribution in [3.8, 4) is 0 Å². The van der Waals surface area contributed by atoms with E-state index in [0.29, 0.717) is 19.1 Å². The lowest BCUT2D eigenvalue weighted by molar-refractivity contribution is -0.128. The number of aromatic nitrogens is 3. The first kappa shape index (κ1) is 24.4. The highest BCUT2D eigenvalue weighted by Crippen LogP contribution is 2.41. The van der Waals surface area contributed by atoms with Crippen LogP contribution in [0.25, 0.3) is 0 Å². The van der Waals surface area contributed by atoms with Gasteiger partial charge in [-0.2, -0.15) is 0 Å². The second-order valence-electron chi connectivity index (χ2n) is 11.4. The van der Waals surface area contributed by atoms with E-state index in [2.05, 4.69) is 46.9 Å². The first-order chi connectivity index (χ1) is 16.0. The summed E-state index contributed by atoms with van der Waals surface area (Å²) in [4.78, 5) is 27.5. The van der Waals surface area contributed by atoms with Crippen molar-refractivity contribution >= 4 is 17.5 Å². The minimum absolute atomic E-state index is 0.00490. The summed E-state index contributed by atoms with van der Waals surface area (Å²) >= 11 is 0. The van der Waals surface area contributed by atoms with Gasteiger partial charge in [0.15, 0.2) is 0 Å². The maximum Gasteiger partial charge on any atom is 0.230 e. The quantitative estimate of drug-likeness (QED) is 0.637. The SMILES string of the molecule is CC(=O)N1C[C@H](C(=O)Nc2ccc(C)cc2C)[C@@H](c2nnc(CCCC(C)(C)C)n2C2CC2)C1. The van der Waals surface area contributed by atoms with Crippen molar-refractivity contribution in [1.29, 1.82) is 0 Å². The number of aryl methyl sites for hydroxylation is 3. The van der Waals surface area contributed by atoms with E-state index in [4.69, 9.17) is 0 Å². The van der Waals surface area contributed by atoms with Crippen LogP contribution in [0.1, 0.15) is 88.1 Å². The highest BCUT2D eigenvalue weighted by Gasteiger charge is 2.44. The van der Waals surface area contributed by atoms with Gasteiger partial charge in [0.1, 0.15) is 11.6 Å². The number of hydrogen-bond donors (Lipinski definition) is 1. The van der Waals surface area contributed by atoms with Crippen molar-refractivity contribution < 1.29 is 9.59 Å². The predicted octanol–water partition coefficient (Wildman–Crippen LogP) is 4.80. The molecule has 1 aliphatic carbocycles. The molecule has 0 spiro atoms. The molecule has 2 fully saturated rings. The van der Waals surface area contributed by atoms with E-state index in [1.54, 1.807) is 11.8 Å². The van der Waals surface area contributed by atoms with E-state index in [1.165, 1.54) is 0 Å². The molecule has 1 aromatic carbocycles. The first-order valence-corrected chi connectivity index (χ1v) is 12.6. The van der Waals surface area contributed by atoms with Crippen molar-refractivity contribution in [2.75, 3.05) is 18.4 Å². The first-order valence-electron chi connectivity index (χ1n) is 12.6. The molecular formula is C27H39N5O2. The van der Waals surface area contributed by atoms with Crippen molar-refractivity contribution in [2.24, 2.45) is 11.3 Å². The number of likely N-dealkylation sites (tertiary alicyclic amines) is 1. The Morgan fingerprint density at radius 1 is 1.12 bits per heavy atom. The highest BCUT2D eigenvalue weighted by molar-refractivity contribution is 5.94. The molecule has 0 bridgehead atoms. The number of nitrogens with one attached hydrogen (secondary N) is 1. The van der Waals surface area contributed by atoms with Gasteiger partial charge in [-0.3, -0.25) is 9.59 Å². The van der Waals surface area contributed by atoms with Crippen LogP contribution in [0, 0.1) is 25.2 Å². The maximum atomic E-state index is 13.5. The summed E-state index contributed by atoms with van der Waals surface area (Å²) in [6.45, 7) is 13.3. The van der Waals surface area contributed by atoms with E-state index < -0.39 is 0 Å². The van der Waals surface area contributed by atoms with Gasteiger partial charge in [-0.1, -0.05) is 38.5 Å². The second-order valence-corrected chi connectivity index (χ2v) is 11.4. The molecule has 34 heavy (non-hydrogen) atoms. The van der Waals surface area contributed by atoms with Crippen LogP contribution in [-0.4, -0.2) is 44.6 Å². The summed E-state index contributed by atoms with van der Waals surface area (Å²) in [5.41, 5.74) is 3.31. The minimum Gasteiger partial charge on any atom is -0.341 e. The highest BCUT2D eigenvalue weighted by atomic mass is 16.2. The molecule has 184 valence electrons. The zero-order chi connectivity index (χ0) is 24.6. The molecule has 0 unspecified atom stereocenters. The topological polar surface area (TPSA) is 80.1 Å². The zero-order valence-corrected chi connectivity index (χ0v) is 21.5. The normalized spacial score (nSPS) is 20.6. The van der Waals surface area contributed by atoms with Gasteiger partial charge in [0.2, 0.25) is 11.8 Å². The third-order valence-electron chi connectivity index (χ3n) is 7.11. The number of anilines is 1. The summed E-state index contributed by atoms with van der Waals surface area (Å²) in [6.07, 6.45) is 5.33. The second kappa shape index (κ2) is 9.51. The smallest absolute Gasteiger partial charge is 0.230 e. The van der Waals surface area contributed by atoms with Crippen molar-refractivity contribution in [1.82, 2.24) is 19.7 Å². The van der Waals surface area contributed by atoms with Crippen molar-refractivity contribution in [3.05, 3.63) is 41.0 Å². The number of rotatable bonds is 7. The number of carbonyl (C=O) groups is 2. The molecule has 7 heteroatoms.